The third-order valence-corrected chi connectivity index (χ3v) is 3.62. The fourth-order valence-corrected chi connectivity index (χ4v) is 2.43. The van der Waals surface area contributed by atoms with Gasteiger partial charge in [0.1, 0.15) is 11.5 Å². The van der Waals surface area contributed by atoms with Gasteiger partial charge in [-0.1, -0.05) is 13.8 Å². The Morgan fingerprint density at radius 1 is 1.24 bits per heavy atom. The summed E-state index contributed by atoms with van der Waals surface area (Å²) in [4.78, 5) is 6.74. The molecule has 0 saturated heterocycles. The molecule has 0 aromatic carbocycles. The van der Waals surface area contributed by atoms with Gasteiger partial charge in [-0.3, -0.25) is 4.98 Å². The van der Waals surface area contributed by atoms with Crippen molar-refractivity contribution in [3.05, 3.63) is 47.7 Å². The first-order chi connectivity index (χ1) is 10.1. The van der Waals surface area contributed by atoms with E-state index in [9.17, 15) is 0 Å². The van der Waals surface area contributed by atoms with Gasteiger partial charge in [-0.05, 0) is 44.2 Å². The molecule has 1 N–H and O–H groups in total. The van der Waals surface area contributed by atoms with Gasteiger partial charge in [0.2, 0.25) is 0 Å². The molecular weight excluding hydrogens is 262 g/mol. The van der Waals surface area contributed by atoms with Gasteiger partial charge in [0, 0.05) is 13.1 Å². The standard InChI is InChI=1S/C17H25N3O/c1-5-16(18-6-2)17-10-8-14(11-19-17)20(4)12-15-9-7-13(3)21-15/h7-11,16,18H,5-6,12H2,1-4H3. The van der Waals surface area contributed by atoms with Crippen LogP contribution >= 0.6 is 0 Å². The SMILES string of the molecule is CCNC(CC)c1ccc(N(C)Cc2ccc(C)o2)cn1. The third-order valence-electron chi connectivity index (χ3n) is 3.62. The van der Waals surface area contributed by atoms with E-state index in [0.717, 1.165) is 42.4 Å². The molecule has 0 saturated carbocycles. The van der Waals surface area contributed by atoms with Gasteiger partial charge in [-0.25, -0.2) is 0 Å². The minimum atomic E-state index is 0.335. The molecule has 0 radical (unpaired) electrons. The highest BCUT2D eigenvalue weighted by atomic mass is 16.3. The lowest BCUT2D eigenvalue weighted by atomic mass is 10.1. The summed E-state index contributed by atoms with van der Waals surface area (Å²) in [5.74, 6) is 1.92. The summed E-state index contributed by atoms with van der Waals surface area (Å²) >= 11 is 0. The summed E-state index contributed by atoms with van der Waals surface area (Å²) < 4.78 is 5.61. The topological polar surface area (TPSA) is 41.3 Å². The molecule has 0 aliphatic heterocycles. The molecule has 114 valence electrons. The van der Waals surface area contributed by atoms with Crippen LogP contribution in [0.25, 0.3) is 0 Å². The summed E-state index contributed by atoms with van der Waals surface area (Å²) in [6.07, 6.45) is 2.98. The quantitative estimate of drug-likeness (QED) is 0.843. The number of aromatic nitrogens is 1. The van der Waals surface area contributed by atoms with Gasteiger partial charge in [0.25, 0.3) is 0 Å². The molecule has 21 heavy (non-hydrogen) atoms. The van der Waals surface area contributed by atoms with E-state index in [0.29, 0.717) is 6.04 Å². The first kappa shape index (κ1) is 15.6. The van der Waals surface area contributed by atoms with E-state index in [2.05, 4.69) is 48.2 Å². The zero-order chi connectivity index (χ0) is 15.2. The Bertz CT molecular complexity index is 547. The maximum Gasteiger partial charge on any atom is 0.123 e. The van der Waals surface area contributed by atoms with Crippen LogP contribution in [0, 0.1) is 6.92 Å². The zero-order valence-corrected chi connectivity index (χ0v) is 13.4. The van der Waals surface area contributed by atoms with Crippen LogP contribution in [0.4, 0.5) is 5.69 Å². The van der Waals surface area contributed by atoms with E-state index >= 15 is 0 Å². The molecule has 0 fully saturated rings. The van der Waals surface area contributed by atoms with Crippen LogP contribution < -0.4 is 10.2 Å². The van der Waals surface area contributed by atoms with Crippen LogP contribution in [-0.2, 0) is 6.54 Å². The Labute approximate surface area is 127 Å². The minimum Gasteiger partial charge on any atom is -0.464 e. The van der Waals surface area contributed by atoms with Crippen molar-refractivity contribution >= 4 is 5.69 Å². The zero-order valence-electron chi connectivity index (χ0n) is 13.4. The Balaban J connectivity index is 2.03. The maximum atomic E-state index is 5.61. The molecule has 0 bridgehead atoms. The van der Waals surface area contributed by atoms with Crippen molar-refractivity contribution in [2.45, 2.75) is 39.8 Å². The summed E-state index contributed by atoms with van der Waals surface area (Å²) in [7, 11) is 2.05. The summed E-state index contributed by atoms with van der Waals surface area (Å²) in [5.41, 5.74) is 2.20. The second kappa shape index (κ2) is 7.27. The first-order valence-corrected chi connectivity index (χ1v) is 7.59. The van der Waals surface area contributed by atoms with E-state index < -0.39 is 0 Å². The highest BCUT2D eigenvalue weighted by molar-refractivity contribution is 5.44. The van der Waals surface area contributed by atoms with Crippen molar-refractivity contribution in [3.63, 3.8) is 0 Å². The van der Waals surface area contributed by atoms with Crippen LogP contribution in [-0.4, -0.2) is 18.6 Å². The highest BCUT2D eigenvalue weighted by Gasteiger charge is 2.10. The normalized spacial score (nSPS) is 12.4. The van der Waals surface area contributed by atoms with E-state index in [1.165, 1.54) is 0 Å². The van der Waals surface area contributed by atoms with Gasteiger partial charge in [0.05, 0.1) is 24.1 Å². The predicted molar refractivity (Wildman–Crippen MR) is 86.5 cm³/mol. The molecule has 4 heteroatoms. The Morgan fingerprint density at radius 2 is 2.05 bits per heavy atom. The van der Waals surface area contributed by atoms with Gasteiger partial charge in [0.15, 0.2) is 0 Å². The molecule has 0 spiro atoms. The Kier molecular flexibility index (Phi) is 5.39. The molecule has 0 amide bonds. The largest absolute Gasteiger partial charge is 0.464 e. The third kappa shape index (κ3) is 4.08. The molecule has 0 aliphatic carbocycles. The number of rotatable bonds is 7. The van der Waals surface area contributed by atoms with Gasteiger partial charge < -0.3 is 14.6 Å². The number of hydrogen-bond acceptors (Lipinski definition) is 4. The Hall–Kier alpha value is -1.81. The predicted octanol–water partition coefficient (Wildman–Crippen LogP) is 3.68. The molecular formula is C17H25N3O. The van der Waals surface area contributed by atoms with Crippen LogP contribution in [0.2, 0.25) is 0 Å². The van der Waals surface area contributed by atoms with Crippen LogP contribution in [0.15, 0.2) is 34.9 Å². The fourth-order valence-electron chi connectivity index (χ4n) is 2.43. The average Bonchev–Trinajstić information content (AvgIpc) is 2.90. The van der Waals surface area contributed by atoms with Crippen LogP contribution in [0.3, 0.4) is 0 Å². The second-order valence-corrected chi connectivity index (χ2v) is 5.33. The van der Waals surface area contributed by atoms with Crippen molar-refractivity contribution in [3.8, 4) is 0 Å². The molecule has 2 heterocycles. The highest BCUT2D eigenvalue weighted by Crippen LogP contribution is 2.19. The molecule has 2 aromatic rings. The smallest absolute Gasteiger partial charge is 0.123 e. The summed E-state index contributed by atoms with van der Waals surface area (Å²) in [6, 6.07) is 8.58. The van der Waals surface area contributed by atoms with E-state index in [-0.39, 0.29) is 0 Å². The number of furan rings is 1. The number of nitrogens with one attached hydrogen (secondary N) is 1. The summed E-state index contributed by atoms with van der Waals surface area (Å²) in [5, 5.41) is 3.45. The van der Waals surface area contributed by atoms with Gasteiger partial charge in [-0.2, -0.15) is 0 Å². The van der Waals surface area contributed by atoms with E-state index in [1.54, 1.807) is 0 Å². The molecule has 1 unspecified atom stereocenters. The van der Waals surface area contributed by atoms with Crippen molar-refractivity contribution in [1.29, 1.82) is 0 Å². The van der Waals surface area contributed by atoms with Gasteiger partial charge >= 0.3 is 0 Å². The first-order valence-electron chi connectivity index (χ1n) is 7.59. The molecule has 1 atom stereocenters. The number of aryl methyl sites for hydroxylation is 1. The number of pyridine rings is 1. The molecule has 4 nitrogen and oxygen atoms in total. The minimum absolute atomic E-state index is 0.335. The lowest BCUT2D eigenvalue weighted by Gasteiger charge is -2.20. The van der Waals surface area contributed by atoms with Crippen molar-refractivity contribution in [1.82, 2.24) is 10.3 Å². The van der Waals surface area contributed by atoms with Crippen molar-refractivity contribution < 1.29 is 4.42 Å². The maximum absolute atomic E-state index is 5.61. The number of nitrogens with zero attached hydrogens (tertiary/aromatic N) is 2. The van der Waals surface area contributed by atoms with E-state index in [1.807, 2.05) is 25.3 Å². The van der Waals surface area contributed by atoms with Crippen LogP contribution in [0.5, 0.6) is 0 Å². The number of anilines is 1. The van der Waals surface area contributed by atoms with Crippen molar-refractivity contribution in [2.24, 2.45) is 0 Å². The second-order valence-electron chi connectivity index (χ2n) is 5.33. The fraction of sp³-hybridized carbons (Fsp3) is 0.471. The molecule has 2 aromatic heterocycles. The van der Waals surface area contributed by atoms with Crippen molar-refractivity contribution in [2.75, 3.05) is 18.5 Å². The van der Waals surface area contributed by atoms with Crippen LogP contribution in [0.1, 0.15) is 43.5 Å². The lowest BCUT2D eigenvalue weighted by Crippen LogP contribution is -2.21. The summed E-state index contributed by atoms with van der Waals surface area (Å²) in [6.45, 7) is 7.97. The van der Waals surface area contributed by atoms with Gasteiger partial charge in [-0.15, -0.1) is 0 Å². The monoisotopic (exact) mass is 287 g/mol. The average molecular weight is 287 g/mol. The molecule has 0 aliphatic rings. The Morgan fingerprint density at radius 3 is 2.57 bits per heavy atom. The molecule has 2 rings (SSSR count). The van der Waals surface area contributed by atoms with E-state index in [4.69, 9.17) is 4.42 Å². The lowest BCUT2D eigenvalue weighted by molar-refractivity contribution is 0.481. The number of hydrogen-bond donors (Lipinski definition) is 1.